The van der Waals surface area contributed by atoms with Gasteiger partial charge in [0.1, 0.15) is 9.23 Å². The van der Waals surface area contributed by atoms with Crippen molar-refractivity contribution in [2.75, 3.05) is 13.1 Å². The van der Waals surface area contributed by atoms with E-state index in [-0.39, 0.29) is 15.3 Å². The molecule has 0 radical (unpaired) electrons. The molecule has 4 nitrogen and oxygen atoms in total. The van der Waals surface area contributed by atoms with Crippen LogP contribution >= 0.6 is 34.5 Å². The van der Waals surface area contributed by atoms with E-state index < -0.39 is 10.0 Å². The second-order valence-corrected chi connectivity index (χ2v) is 8.85. The van der Waals surface area contributed by atoms with Crippen molar-refractivity contribution < 1.29 is 8.42 Å². The molecule has 0 aromatic carbocycles. The highest BCUT2D eigenvalue weighted by atomic mass is 35.5. The summed E-state index contributed by atoms with van der Waals surface area (Å²) in [5.41, 5.74) is 0. The van der Waals surface area contributed by atoms with Crippen molar-refractivity contribution in [1.82, 2.24) is 9.62 Å². The Morgan fingerprint density at radius 2 is 2.16 bits per heavy atom. The lowest BCUT2D eigenvalue weighted by Crippen LogP contribution is -2.38. The lowest BCUT2D eigenvalue weighted by molar-refractivity contribution is 0.271. The summed E-state index contributed by atoms with van der Waals surface area (Å²) in [6.45, 7) is 5.84. The van der Waals surface area contributed by atoms with Crippen LogP contribution in [0.4, 0.5) is 0 Å². The van der Waals surface area contributed by atoms with Gasteiger partial charge < -0.3 is 0 Å². The summed E-state index contributed by atoms with van der Waals surface area (Å²) < 4.78 is 27.8. The maximum Gasteiger partial charge on any atom is 0.243 e. The van der Waals surface area contributed by atoms with Gasteiger partial charge in [0.2, 0.25) is 10.0 Å². The first-order valence-corrected chi connectivity index (χ1v) is 9.06. The second kappa shape index (κ2) is 5.87. The molecule has 1 aliphatic rings. The molecule has 2 rings (SSSR count). The number of likely N-dealkylation sites (tertiary alicyclic amines) is 1. The van der Waals surface area contributed by atoms with Crippen LogP contribution in [-0.2, 0) is 10.0 Å². The van der Waals surface area contributed by atoms with Crippen LogP contribution in [0.1, 0.15) is 20.3 Å². The molecule has 1 N–H and O–H groups in total. The minimum absolute atomic E-state index is 0.0675. The van der Waals surface area contributed by atoms with Gasteiger partial charge in [0.15, 0.2) is 0 Å². The van der Waals surface area contributed by atoms with E-state index in [2.05, 4.69) is 23.5 Å². The maximum atomic E-state index is 12.2. The minimum atomic E-state index is -3.59. The van der Waals surface area contributed by atoms with Gasteiger partial charge in [-0.1, -0.05) is 23.2 Å². The van der Waals surface area contributed by atoms with Crippen LogP contribution in [-0.4, -0.2) is 38.5 Å². The van der Waals surface area contributed by atoms with Gasteiger partial charge in [0.25, 0.3) is 0 Å². The van der Waals surface area contributed by atoms with E-state index in [4.69, 9.17) is 23.2 Å². The molecule has 2 heterocycles. The zero-order chi connectivity index (χ0) is 14.2. The van der Waals surface area contributed by atoms with Gasteiger partial charge in [-0.3, -0.25) is 4.90 Å². The molecule has 1 atom stereocenters. The van der Waals surface area contributed by atoms with Crippen LogP contribution in [0.3, 0.4) is 0 Å². The van der Waals surface area contributed by atoms with Crippen molar-refractivity contribution >= 4 is 44.6 Å². The van der Waals surface area contributed by atoms with Gasteiger partial charge in [0.05, 0.1) is 4.34 Å². The molecule has 1 fully saturated rings. The van der Waals surface area contributed by atoms with Crippen LogP contribution in [0.2, 0.25) is 8.67 Å². The van der Waals surface area contributed by atoms with E-state index in [1.54, 1.807) is 0 Å². The average molecular weight is 343 g/mol. The molecule has 0 amide bonds. The molecule has 1 unspecified atom stereocenters. The first-order chi connectivity index (χ1) is 8.79. The third kappa shape index (κ3) is 3.62. The SMILES string of the molecule is CC(C)N1CCC(NS(=O)(=O)c2cc(Cl)sc2Cl)C1. The summed E-state index contributed by atoms with van der Waals surface area (Å²) >= 11 is 12.7. The molecule has 1 aliphatic heterocycles. The molecule has 1 saturated heterocycles. The van der Waals surface area contributed by atoms with Crippen molar-refractivity contribution in [2.45, 2.75) is 37.2 Å². The molecule has 0 aliphatic carbocycles. The van der Waals surface area contributed by atoms with Crippen LogP contribution in [0, 0.1) is 0 Å². The molecule has 19 heavy (non-hydrogen) atoms. The highest BCUT2D eigenvalue weighted by Crippen LogP contribution is 2.34. The Balaban J connectivity index is 2.09. The van der Waals surface area contributed by atoms with Gasteiger partial charge >= 0.3 is 0 Å². The number of nitrogens with zero attached hydrogens (tertiary/aromatic N) is 1. The largest absolute Gasteiger partial charge is 0.299 e. The van der Waals surface area contributed by atoms with Gasteiger partial charge in [-0.2, -0.15) is 0 Å². The normalized spacial score (nSPS) is 21.4. The number of hydrogen-bond donors (Lipinski definition) is 1. The average Bonchev–Trinajstić information content (AvgIpc) is 2.85. The van der Waals surface area contributed by atoms with E-state index in [0.717, 1.165) is 30.8 Å². The fraction of sp³-hybridized carbons (Fsp3) is 0.636. The summed E-state index contributed by atoms with van der Waals surface area (Å²) in [6.07, 6.45) is 0.812. The third-order valence-electron chi connectivity index (χ3n) is 3.19. The Bertz CT molecular complexity index is 557. The van der Waals surface area contributed by atoms with E-state index in [0.29, 0.717) is 10.4 Å². The topological polar surface area (TPSA) is 49.4 Å². The van der Waals surface area contributed by atoms with Gasteiger partial charge in [-0.15, -0.1) is 11.3 Å². The van der Waals surface area contributed by atoms with Gasteiger partial charge in [-0.05, 0) is 26.3 Å². The summed E-state index contributed by atoms with van der Waals surface area (Å²) in [4.78, 5) is 2.32. The Labute approximate surface area is 127 Å². The molecule has 0 spiro atoms. The Hall–Kier alpha value is 0.150. The van der Waals surface area contributed by atoms with Crippen molar-refractivity contribution in [2.24, 2.45) is 0 Å². The van der Waals surface area contributed by atoms with E-state index >= 15 is 0 Å². The quantitative estimate of drug-likeness (QED) is 0.915. The number of hydrogen-bond acceptors (Lipinski definition) is 4. The highest BCUT2D eigenvalue weighted by molar-refractivity contribution is 7.89. The molecular formula is C11H16Cl2N2O2S2. The fourth-order valence-electron chi connectivity index (χ4n) is 2.14. The molecule has 0 saturated carbocycles. The van der Waals surface area contributed by atoms with E-state index in [9.17, 15) is 8.42 Å². The van der Waals surface area contributed by atoms with Gasteiger partial charge in [-0.25, -0.2) is 13.1 Å². The molecule has 8 heteroatoms. The Kier molecular flexibility index (Phi) is 4.80. The fourth-order valence-corrected chi connectivity index (χ4v) is 5.55. The van der Waals surface area contributed by atoms with Crippen molar-refractivity contribution in [3.8, 4) is 0 Å². The van der Waals surface area contributed by atoms with Crippen molar-refractivity contribution in [3.63, 3.8) is 0 Å². The minimum Gasteiger partial charge on any atom is -0.299 e. The summed E-state index contributed by atoms with van der Waals surface area (Å²) in [7, 11) is -3.59. The lowest BCUT2D eigenvalue weighted by atomic mass is 10.3. The predicted molar refractivity (Wildman–Crippen MR) is 79.8 cm³/mol. The smallest absolute Gasteiger partial charge is 0.243 e. The highest BCUT2D eigenvalue weighted by Gasteiger charge is 2.30. The number of thiophene rings is 1. The second-order valence-electron chi connectivity index (χ2n) is 4.88. The molecule has 1 aromatic rings. The van der Waals surface area contributed by atoms with Crippen LogP contribution in [0.15, 0.2) is 11.0 Å². The molecule has 1 aromatic heterocycles. The zero-order valence-electron chi connectivity index (χ0n) is 10.7. The first-order valence-electron chi connectivity index (χ1n) is 6.01. The summed E-state index contributed by atoms with van der Waals surface area (Å²) in [5.74, 6) is 0. The monoisotopic (exact) mass is 342 g/mol. The number of nitrogens with one attached hydrogen (secondary N) is 1. The standard InChI is InChI=1S/C11H16Cl2N2O2S2/c1-7(2)15-4-3-8(6-15)14-19(16,17)9-5-10(12)18-11(9)13/h5,7-8,14H,3-4,6H2,1-2H3. The Morgan fingerprint density at radius 1 is 1.47 bits per heavy atom. The van der Waals surface area contributed by atoms with E-state index in [1.165, 1.54) is 6.07 Å². The summed E-state index contributed by atoms with van der Waals surface area (Å²) in [5, 5.41) is 0. The zero-order valence-corrected chi connectivity index (χ0v) is 13.8. The van der Waals surface area contributed by atoms with Crippen LogP contribution in [0.5, 0.6) is 0 Å². The molecule has 108 valence electrons. The van der Waals surface area contributed by atoms with Crippen molar-refractivity contribution in [3.05, 3.63) is 14.7 Å². The number of halogens is 2. The summed E-state index contributed by atoms with van der Waals surface area (Å²) in [6, 6.07) is 1.75. The van der Waals surface area contributed by atoms with Crippen molar-refractivity contribution in [1.29, 1.82) is 0 Å². The first kappa shape index (κ1) is 15.5. The Morgan fingerprint density at radius 3 is 2.63 bits per heavy atom. The predicted octanol–water partition coefficient (Wildman–Crippen LogP) is 2.82. The van der Waals surface area contributed by atoms with Gasteiger partial charge in [0, 0.05) is 25.2 Å². The third-order valence-corrected chi connectivity index (χ3v) is 6.46. The number of rotatable bonds is 4. The van der Waals surface area contributed by atoms with Crippen LogP contribution in [0.25, 0.3) is 0 Å². The maximum absolute atomic E-state index is 12.2. The van der Waals surface area contributed by atoms with Crippen LogP contribution < -0.4 is 4.72 Å². The number of sulfonamides is 1. The lowest BCUT2D eigenvalue weighted by Gasteiger charge is -2.20. The molecular weight excluding hydrogens is 327 g/mol. The molecule has 0 bridgehead atoms. The van der Waals surface area contributed by atoms with E-state index in [1.807, 2.05) is 0 Å².